The summed E-state index contributed by atoms with van der Waals surface area (Å²) in [5, 5.41) is 0. The summed E-state index contributed by atoms with van der Waals surface area (Å²) in [6.45, 7) is 7.84. The summed E-state index contributed by atoms with van der Waals surface area (Å²) in [6.07, 6.45) is 8.26. The quantitative estimate of drug-likeness (QED) is 0.623. The summed E-state index contributed by atoms with van der Waals surface area (Å²) in [5.74, 6) is 0.980. The summed E-state index contributed by atoms with van der Waals surface area (Å²) in [4.78, 5) is 18.3. The lowest BCUT2D eigenvalue weighted by Gasteiger charge is -2.26. The Bertz CT molecular complexity index is 873. The molecule has 2 aromatic rings. The number of aryl methyl sites for hydroxylation is 2. The third-order valence-electron chi connectivity index (χ3n) is 6.19. The van der Waals surface area contributed by atoms with Crippen molar-refractivity contribution in [3.63, 3.8) is 0 Å². The standard InChI is InChI=1S/C23H34N2O2S/c1-5-6-7-18-8-10-19(11-9-18)22(26)24-23-25(12-13-27-4)20-14-16(2)17(3)15-21(20)28-23/h14-15,18-19H,5-13H2,1-4H3. The highest BCUT2D eigenvalue weighted by molar-refractivity contribution is 7.16. The van der Waals surface area contributed by atoms with Crippen LogP contribution < -0.4 is 4.80 Å². The number of methoxy groups -OCH3 is 1. The number of hydrogen-bond donors (Lipinski definition) is 0. The zero-order valence-corrected chi connectivity index (χ0v) is 18.6. The number of fused-ring (bicyclic) bond motifs is 1. The number of amides is 1. The van der Waals surface area contributed by atoms with Crippen LogP contribution in [-0.4, -0.2) is 24.2 Å². The molecule has 0 aliphatic heterocycles. The molecule has 3 rings (SSSR count). The van der Waals surface area contributed by atoms with Crippen LogP contribution in [-0.2, 0) is 16.1 Å². The minimum atomic E-state index is 0.0695. The number of nitrogens with zero attached hydrogens (tertiary/aromatic N) is 2. The molecule has 1 aliphatic rings. The van der Waals surface area contributed by atoms with E-state index in [-0.39, 0.29) is 11.8 Å². The second-order valence-corrected chi connectivity index (χ2v) is 9.25. The fraction of sp³-hybridized carbons (Fsp3) is 0.652. The van der Waals surface area contributed by atoms with Crippen molar-refractivity contribution in [3.8, 4) is 0 Å². The average Bonchev–Trinajstić information content (AvgIpc) is 3.01. The Labute approximate surface area is 172 Å². The molecule has 1 amide bonds. The molecule has 154 valence electrons. The second-order valence-electron chi connectivity index (χ2n) is 8.24. The fourth-order valence-corrected chi connectivity index (χ4v) is 5.32. The molecule has 0 spiro atoms. The third kappa shape index (κ3) is 4.93. The van der Waals surface area contributed by atoms with Crippen LogP contribution >= 0.6 is 11.3 Å². The van der Waals surface area contributed by atoms with Gasteiger partial charge in [-0.3, -0.25) is 4.79 Å². The second kappa shape index (κ2) is 9.84. The number of benzene rings is 1. The van der Waals surface area contributed by atoms with Crippen molar-refractivity contribution in [2.75, 3.05) is 13.7 Å². The molecule has 1 aromatic carbocycles. The first-order valence-corrected chi connectivity index (χ1v) is 11.5. The molecular weight excluding hydrogens is 368 g/mol. The lowest BCUT2D eigenvalue weighted by atomic mass is 9.79. The minimum absolute atomic E-state index is 0.0695. The SMILES string of the molecule is CCCCC1CCC(C(=O)N=c2sc3cc(C)c(C)cc3n2CCOC)CC1. The van der Waals surface area contributed by atoms with Gasteiger partial charge in [0.1, 0.15) is 0 Å². The van der Waals surface area contributed by atoms with Crippen LogP contribution in [0.4, 0.5) is 0 Å². The van der Waals surface area contributed by atoms with Gasteiger partial charge in [-0.1, -0.05) is 37.5 Å². The van der Waals surface area contributed by atoms with Crippen LogP contribution in [0.15, 0.2) is 17.1 Å². The first-order valence-electron chi connectivity index (χ1n) is 10.7. The molecule has 0 saturated heterocycles. The highest BCUT2D eigenvalue weighted by Gasteiger charge is 2.26. The van der Waals surface area contributed by atoms with Gasteiger partial charge in [0.25, 0.3) is 5.91 Å². The molecule has 1 saturated carbocycles. The Morgan fingerprint density at radius 2 is 1.93 bits per heavy atom. The van der Waals surface area contributed by atoms with Crippen LogP contribution in [0.1, 0.15) is 63.0 Å². The minimum Gasteiger partial charge on any atom is -0.383 e. The van der Waals surface area contributed by atoms with Crippen LogP contribution in [0, 0.1) is 25.7 Å². The predicted molar refractivity (Wildman–Crippen MR) is 117 cm³/mol. The Kier molecular flexibility index (Phi) is 7.47. The molecule has 1 aliphatic carbocycles. The molecule has 1 fully saturated rings. The van der Waals surface area contributed by atoms with E-state index in [1.165, 1.54) is 47.9 Å². The molecule has 0 unspecified atom stereocenters. The normalized spacial score (nSPS) is 20.8. The molecule has 28 heavy (non-hydrogen) atoms. The Morgan fingerprint density at radius 1 is 1.21 bits per heavy atom. The summed E-state index contributed by atoms with van der Waals surface area (Å²) in [5.41, 5.74) is 3.69. The van der Waals surface area contributed by atoms with Crippen molar-refractivity contribution >= 4 is 27.5 Å². The monoisotopic (exact) mass is 402 g/mol. The lowest BCUT2D eigenvalue weighted by molar-refractivity contribution is -0.123. The van der Waals surface area contributed by atoms with Gasteiger partial charge in [0.15, 0.2) is 4.80 Å². The first-order chi connectivity index (χ1) is 13.5. The van der Waals surface area contributed by atoms with Gasteiger partial charge < -0.3 is 9.30 Å². The molecule has 0 atom stereocenters. The maximum absolute atomic E-state index is 12.9. The third-order valence-corrected chi connectivity index (χ3v) is 7.23. The number of hydrogen-bond acceptors (Lipinski definition) is 3. The zero-order valence-electron chi connectivity index (χ0n) is 17.8. The molecule has 1 aromatic heterocycles. The van der Waals surface area contributed by atoms with Crippen LogP contribution in [0.3, 0.4) is 0 Å². The zero-order chi connectivity index (χ0) is 20.1. The highest BCUT2D eigenvalue weighted by atomic mass is 32.1. The summed E-state index contributed by atoms with van der Waals surface area (Å²) in [6, 6.07) is 4.42. The average molecular weight is 403 g/mol. The maximum Gasteiger partial charge on any atom is 0.251 e. The van der Waals surface area contributed by atoms with Crippen molar-refractivity contribution in [2.45, 2.75) is 72.3 Å². The summed E-state index contributed by atoms with van der Waals surface area (Å²) in [7, 11) is 1.71. The Morgan fingerprint density at radius 3 is 2.61 bits per heavy atom. The van der Waals surface area contributed by atoms with Gasteiger partial charge in [-0.15, -0.1) is 0 Å². The highest BCUT2D eigenvalue weighted by Crippen LogP contribution is 2.32. The maximum atomic E-state index is 12.9. The number of thiazole rings is 1. The molecule has 0 bridgehead atoms. The van der Waals surface area contributed by atoms with Crippen LogP contribution in [0.5, 0.6) is 0 Å². The van der Waals surface area contributed by atoms with Gasteiger partial charge in [0.2, 0.25) is 0 Å². The number of aromatic nitrogens is 1. The molecule has 0 N–H and O–H groups in total. The number of carbonyl (C=O) groups excluding carboxylic acids is 1. The van der Waals surface area contributed by atoms with Crippen molar-refractivity contribution < 1.29 is 9.53 Å². The first kappa shape index (κ1) is 21.3. The lowest BCUT2D eigenvalue weighted by Crippen LogP contribution is -2.25. The van der Waals surface area contributed by atoms with Gasteiger partial charge in [0, 0.05) is 19.6 Å². The van der Waals surface area contributed by atoms with Gasteiger partial charge in [0.05, 0.1) is 16.8 Å². The van der Waals surface area contributed by atoms with E-state index in [0.29, 0.717) is 6.61 Å². The number of rotatable bonds is 7. The largest absolute Gasteiger partial charge is 0.383 e. The molecule has 0 radical (unpaired) electrons. The van der Waals surface area contributed by atoms with E-state index in [1.54, 1.807) is 18.4 Å². The van der Waals surface area contributed by atoms with Gasteiger partial charge in [-0.05, 0) is 68.7 Å². The predicted octanol–water partition coefficient (Wildman–Crippen LogP) is 5.39. The molecular formula is C23H34N2O2S. The summed E-state index contributed by atoms with van der Waals surface area (Å²) < 4.78 is 8.64. The van der Waals surface area contributed by atoms with Gasteiger partial charge >= 0.3 is 0 Å². The number of carbonyl (C=O) groups is 1. The molecule has 1 heterocycles. The van der Waals surface area contributed by atoms with E-state index >= 15 is 0 Å². The molecule has 5 heteroatoms. The van der Waals surface area contributed by atoms with Gasteiger partial charge in [-0.2, -0.15) is 4.99 Å². The Balaban J connectivity index is 1.83. The topological polar surface area (TPSA) is 43.6 Å². The van der Waals surface area contributed by atoms with Crippen LogP contribution in [0.25, 0.3) is 10.2 Å². The van der Waals surface area contributed by atoms with E-state index in [4.69, 9.17) is 4.74 Å². The van der Waals surface area contributed by atoms with Crippen molar-refractivity contribution in [1.29, 1.82) is 0 Å². The summed E-state index contributed by atoms with van der Waals surface area (Å²) >= 11 is 1.62. The van der Waals surface area contributed by atoms with Crippen molar-refractivity contribution in [2.24, 2.45) is 16.8 Å². The van der Waals surface area contributed by atoms with E-state index in [2.05, 4.69) is 42.5 Å². The van der Waals surface area contributed by atoms with E-state index in [0.717, 1.165) is 35.6 Å². The number of unbranched alkanes of at least 4 members (excludes halogenated alkanes) is 1. The van der Waals surface area contributed by atoms with E-state index in [1.807, 2.05) is 0 Å². The van der Waals surface area contributed by atoms with E-state index in [9.17, 15) is 4.79 Å². The van der Waals surface area contributed by atoms with Crippen molar-refractivity contribution in [3.05, 3.63) is 28.1 Å². The smallest absolute Gasteiger partial charge is 0.251 e. The fourth-order valence-electron chi connectivity index (χ4n) is 4.18. The van der Waals surface area contributed by atoms with Gasteiger partial charge in [-0.25, -0.2) is 0 Å². The van der Waals surface area contributed by atoms with Crippen LogP contribution in [0.2, 0.25) is 0 Å². The molecule has 4 nitrogen and oxygen atoms in total. The van der Waals surface area contributed by atoms with Crippen molar-refractivity contribution in [1.82, 2.24) is 4.57 Å². The number of ether oxygens (including phenoxy) is 1. The van der Waals surface area contributed by atoms with E-state index < -0.39 is 0 Å². The Hall–Kier alpha value is -1.46.